The lowest BCUT2D eigenvalue weighted by Crippen LogP contribution is -2.44. The molecule has 1 unspecified atom stereocenters. The van der Waals surface area contributed by atoms with Gasteiger partial charge in [0.2, 0.25) is 17.6 Å². The Kier molecular flexibility index (Phi) is 6.42. The second kappa shape index (κ2) is 8.38. The van der Waals surface area contributed by atoms with Crippen LogP contribution in [0.3, 0.4) is 0 Å². The van der Waals surface area contributed by atoms with Crippen LogP contribution in [0.2, 0.25) is 0 Å². The Balaban J connectivity index is 2.17. The average molecular weight is 387 g/mol. The molecular weight excluding hydrogens is 364 g/mol. The number of nitrogens with one attached hydrogen (secondary N) is 1. The lowest BCUT2D eigenvalue weighted by molar-refractivity contribution is -0.127. The maximum absolute atomic E-state index is 13.2. The van der Waals surface area contributed by atoms with Gasteiger partial charge in [-0.15, -0.1) is 0 Å². The van der Waals surface area contributed by atoms with Gasteiger partial charge in [0.25, 0.3) is 5.92 Å². The Hall–Kier alpha value is -2.62. The van der Waals surface area contributed by atoms with E-state index in [-0.39, 0.29) is 18.9 Å². The fourth-order valence-corrected chi connectivity index (χ4v) is 2.79. The molecular formula is C17H23F2N3O5. The summed E-state index contributed by atoms with van der Waals surface area (Å²) < 4.78 is 42.2. The minimum absolute atomic E-state index is 0.0531. The van der Waals surface area contributed by atoms with Crippen LogP contribution in [-0.2, 0) is 9.59 Å². The second-order valence-corrected chi connectivity index (χ2v) is 6.07. The molecule has 3 N–H and O–H groups in total. The Labute approximate surface area is 155 Å². The van der Waals surface area contributed by atoms with Crippen LogP contribution in [0, 0.1) is 5.92 Å². The summed E-state index contributed by atoms with van der Waals surface area (Å²) in [6, 6.07) is 3.17. The molecule has 0 spiro atoms. The predicted molar refractivity (Wildman–Crippen MR) is 93.6 cm³/mol. The summed E-state index contributed by atoms with van der Waals surface area (Å²) in [6.07, 6.45) is -0.0866. The van der Waals surface area contributed by atoms with Crippen molar-refractivity contribution in [2.75, 3.05) is 45.9 Å². The topological polar surface area (TPSA) is 103 Å². The predicted octanol–water partition coefficient (Wildman–Crippen LogP) is 0.775. The van der Waals surface area contributed by atoms with Gasteiger partial charge in [-0.1, -0.05) is 0 Å². The first-order valence-electron chi connectivity index (χ1n) is 8.22. The number of hydrogen-bond acceptors (Lipinski definition) is 6. The first kappa shape index (κ1) is 20.7. The van der Waals surface area contributed by atoms with Crippen LogP contribution in [0.5, 0.6) is 17.2 Å². The second-order valence-electron chi connectivity index (χ2n) is 6.07. The van der Waals surface area contributed by atoms with Crippen LogP contribution in [0.1, 0.15) is 6.42 Å². The molecule has 2 amide bonds. The highest BCUT2D eigenvalue weighted by atomic mass is 19.3. The fraction of sp³-hybridized carbons (Fsp3) is 0.529. The zero-order valence-corrected chi connectivity index (χ0v) is 15.4. The third kappa shape index (κ3) is 4.57. The smallest absolute Gasteiger partial charge is 0.277 e. The van der Waals surface area contributed by atoms with E-state index in [1.165, 1.54) is 26.2 Å². The monoisotopic (exact) mass is 387 g/mol. The van der Waals surface area contributed by atoms with Crippen molar-refractivity contribution >= 4 is 17.5 Å². The SMILES string of the molecule is COc1cc(N2CC(C(=O)NCC(F)(F)CN)CC2=O)cc(OC)c1OC. The van der Waals surface area contributed by atoms with Crippen molar-refractivity contribution in [3.05, 3.63) is 12.1 Å². The van der Waals surface area contributed by atoms with Crippen molar-refractivity contribution in [2.45, 2.75) is 12.3 Å². The summed E-state index contributed by atoms with van der Waals surface area (Å²) in [5.41, 5.74) is 5.40. The van der Waals surface area contributed by atoms with Gasteiger partial charge in [0.1, 0.15) is 0 Å². The number of anilines is 1. The molecule has 2 rings (SSSR count). The summed E-state index contributed by atoms with van der Waals surface area (Å²) >= 11 is 0. The quantitative estimate of drug-likeness (QED) is 0.683. The van der Waals surface area contributed by atoms with Crippen molar-refractivity contribution in [3.8, 4) is 17.2 Å². The highest BCUT2D eigenvalue weighted by Crippen LogP contribution is 2.42. The maximum atomic E-state index is 13.2. The zero-order valence-electron chi connectivity index (χ0n) is 15.4. The van der Waals surface area contributed by atoms with Crippen molar-refractivity contribution in [1.82, 2.24) is 5.32 Å². The van der Waals surface area contributed by atoms with Gasteiger partial charge in [0.05, 0.1) is 46.0 Å². The number of nitrogens with two attached hydrogens (primary N) is 1. The van der Waals surface area contributed by atoms with Gasteiger partial charge in [-0.3, -0.25) is 9.59 Å². The van der Waals surface area contributed by atoms with E-state index in [2.05, 4.69) is 5.32 Å². The van der Waals surface area contributed by atoms with Gasteiger partial charge in [-0.05, 0) is 0 Å². The number of nitrogens with zero attached hydrogens (tertiary/aromatic N) is 1. The van der Waals surface area contributed by atoms with Crippen molar-refractivity contribution in [1.29, 1.82) is 0 Å². The van der Waals surface area contributed by atoms with E-state index >= 15 is 0 Å². The fourth-order valence-electron chi connectivity index (χ4n) is 2.79. The van der Waals surface area contributed by atoms with E-state index in [1.54, 1.807) is 12.1 Å². The van der Waals surface area contributed by atoms with Crippen LogP contribution in [-0.4, -0.2) is 58.7 Å². The molecule has 0 saturated carbocycles. The number of ether oxygens (including phenoxy) is 3. The van der Waals surface area contributed by atoms with E-state index in [9.17, 15) is 18.4 Å². The lowest BCUT2D eigenvalue weighted by Gasteiger charge is -2.21. The highest BCUT2D eigenvalue weighted by Gasteiger charge is 2.37. The van der Waals surface area contributed by atoms with Gasteiger partial charge in [0, 0.05) is 25.1 Å². The van der Waals surface area contributed by atoms with Crippen LogP contribution < -0.4 is 30.2 Å². The number of alkyl halides is 2. The molecule has 1 aliphatic rings. The first-order chi connectivity index (χ1) is 12.8. The van der Waals surface area contributed by atoms with Crippen LogP contribution >= 0.6 is 0 Å². The van der Waals surface area contributed by atoms with Gasteiger partial charge in [-0.25, -0.2) is 8.78 Å². The van der Waals surface area contributed by atoms with Crippen LogP contribution in [0.15, 0.2) is 12.1 Å². The molecule has 0 aliphatic carbocycles. The van der Waals surface area contributed by atoms with E-state index in [0.29, 0.717) is 22.9 Å². The Morgan fingerprint density at radius 3 is 2.33 bits per heavy atom. The van der Waals surface area contributed by atoms with Crippen LogP contribution in [0.25, 0.3) is 0 Å². The number of halogens is 2. The van der Waals surface area contributed by atoms with Gasteiger partial charge in [0.15, 0.2) is 11.5 Å². The molecule has 1 aliphatic heterocycles. The number of amides is 2. The number of rotatable bonds is 8. The third-order valence-corrected chi connectivity index (χ3v) is 4.28. The minimum atomic E-state index is -3.19. The molecule has 27 heavy (non-hydrogen) atoms. The molecule has 0 bridgehead atoms. The third-order valence-electron chi connectivity index (χ3n) is 4.28. The van der Waals surface area contributed by atoms with E-state index in [1.807, 2.05) is 0 Å². The molecule has 1 aromatic rings. The van der Waals surface area contributed by atoms with Crippen LogP contribution in [0.4, 0.5) is 14.5 Å². The molecule has 1 heterocycles. The van der Waals surface area contributed by atoms with Gasteiger partial charge < -0.3 is 30.2 Å². The Morgan fingerprint density at radius 1 is 1.26 bits per heavy atom. The Bertz CT molecular complexity index is 689. The summed E-state index contributed by atoms with van der Waals surface area (Å²) in [7, 11) is 4.35. The molecule has 1 aromatic carbocycles. The van der Waals surface area contributed by atoms with E-state index in [4.69, 9.17) is 19.9 Å². The summed E-state index contributed by atoms with van der Waals surface area (Å²) in [5, 5.41) is 2.15. The van der Waals surface area contributed by atoms with E-state index < -0.39 is 30.8 Å². The van der Waals surface area contributed by atoms with E-state index in [0.717, 1.165) is 0 Å². The highest BCUT2D eigenvalue weighted by molar-refractivity contribution is 6.00. The molecule has 1 fully saturated rings. The van der Waals surface area contributed by atoms with Crippen molar-refractivity contribution in [2.24, 2.45) is 11.7 Å². The standard InChI is InChI=1S/C17H23F2N3O5/c1-25-12-5-11(6-13(26-2)15(12)27-3)22-7-10(4-14(22)23)16(24)21-9-17(18,19)8-20/h5-6,10H,4,7-9,20H2,1-3H3,(H,21,24). The first-order valence-corrected chi connectivity index (χ1v) is 8.22. The molecule has 1 atom stereocenters. The number of carbonyl (C=O) groups is 2. The van der Waals surface area contributed by atoms with Crippen molar-refractivity contribution < 1.29 is 32.6 Å². The maximum Gasteiger partial charge on any atom is 0.277 e. The average Bonchev–Trinajstić information content (AvgIpc) is 3.06. The Morgan fingerprint density at radius 2 is 1.85 bits per heavy atom. The molecule has 0 aromatic heterocycles. The number of carbonyl (C=O) groups excluding carboxylic acids is 2. The summed E-state index contributed by atoms with van der Waals surface area (Å²) in [5.74, 6) is -3.78. The number of methoxy groups -OCH3 is 3. The largest absolute Gasteiger partial charge is 0.493 e. The number of hydrogen-bond donors (Lipinski definition) is 2. The molecule has 150 valence electrons. The lowest BCUT2D eigenvalue weighted by atomic mass is 10.1. The molecule has 10 heteroatoms. The molecule has 8 nitrogen and oxygen atoms in total. The van der Waals surface area contributed by atoms with Gasteiger partial charge >= 0.3 is 0 Å². The zero-order chi connectivity index (χ0) is 20.2. The summed E-state index contributed by atoms with van der Waals surface area (Å²) in [6.45, 7) is -1.68. The minimum Gasteiger partial charge on any atom is -0.493 e. The number of benzene rings is 1. The molecule has 0 radical (unpaired) electrons. The summed E-state index contributed by atoms with van der Waals surface area (Å²) in [4.78, 5) is 25.9. The van der Waals surface area contributed by atoms with Crippen molar-refractivity contribution in [3.63, 3.8) is 0 Å². The van der Waals surface area contributed by atoms with Gasteiger partial charge in [-0.2, -0.15) is 0 Å². The molecule has 1 saturated heterocycles. The normalized spacial score (nSPS) is 17.0.